The number of benzene rings is 1. The third-order valence-electron chi connectivity index (χ3n) is 4.60. The van der Waals surface area contributed by atoms with Crippen LogP contribution < -0.4 is 10.2 Å². The summed E-state index contributed by atoms with van der Waals surface area (Å²) >= 11 is 0. The molecule has 0 bridgehead atoms. The van der Waals surface area contributed by atoms with Crippen molar-refractivity contribution in [3.8, 4) is 0 Å². The summed E-state index contributed by atoms with van der Waals surface area (Å²) in [5.41, 5.74) is 3.39. The van der Waals surface area contributed by atoms with Gasteiger partial charge in [0, 0.05) is 36.8 Å². The van der Waals surface area contributed by atoms with Crippen LogP contribution in [-0.4, -0.2) is 19.1 Å². The van der Waals surface area contributed by atoms with Gasteiger partial charge in [-0.05, 0) is 30.5 Å². The summed E-state index contributed by atoms with van der Waals surface area (Å²) in [6.07, 6.45) is 5.39. The number of anilines is 1. The van der Waals surface area contributed by atoms with Gasteiger partial charge in [0.25, 0.3) is 0 Å². The van der Waals surface area contributed by atoms with E-state index in [0.29, 0.717) is 11.5 Å². The molecule has 1 saturated heterocycles. The lowest BCUT2D eigenvalue weighted by atomic mass is 9.72. The second-order valence-electron chi connectivity index (χ2n) is 7.06. The van der Waals surface area contributed by atoms with Crippen LogP contribution in [0.1, 0.15) is 58.9 Å². The van der Waals surface area contributed by atoms with Gasteiger partial charge in [0.2, 0.25) is 0 Å². The summed E-state index contributed by atoms with van der Waals surface area (Å²) in [6, 6.07) is 9.59. The maximum Gasteiger partial charge on any atom is 0.0369 e. The summed E-state index contributed by atoms with van der Waals surface area (Å²) in [6.45, 7) is 12.5. The molecule has 0 aromatic heterocycles. The monoisotopic (exact) mass is 288 g/mol. The second-order valence-corrected chi connectivity index (χ2v) is 7.06. The highest BCUT2D eigenvalue weighted by atomic mass is 15.2. The first-order chi connectivity index (χ1) is 10.1. The molecule has 1 aromatic rings. The van der Waals surface area contributed by atoms with Crippen LogP contribution in [-0.2, 0) is 6.54 Å². The average Bonchev–Trinajstić information content (AvgIpc) is 2.42. The Morgan fingerprint density at radius 3 is 2.38 bits per heavy atom. The molecule has 1 aromatic carbocycles. The van der Waals surface area contributed by atoms with Gasteiger partial charge in [-0.3, -0.25) is 0 Å². The standard InChI is InChI=1S/C19H32N2/c1-5-10-19(11-6-2)14-21(15-19)18-9-7-8-17(12-18)13-20-16(3)4/h7-9,12,16,20H,5-6,10-11,13-15H2,1-4H3. The lowest BCUT2D eigenvalue weighted by molar-refractivity contribution is 0.173. The molecular formula is C19H32N2. The zero-order chi connectivity index (χ0) is 15.3. The van der Waals surface area contributed by atoms with E-state index in [9.17, 15) is 0 Å². The minimum absolute atomic E-state index is 0.541. The molecule has 0 aliphatic carbocycles. The molecule has 0 unspecified atom stereocenters. The minimum atomic E-state index is 0.541. The van der Waals surface area contributed by atoms with Crippen molar-refractivity contribution < 1.29 is 0 Å². The van der Waals surface area contributed by atoms with Crippen molar-refractivity contribution >= 4 is 5.69 Å². The Labute approximate surface area is 130 Å². The fourth-order valence-corrected chi connectivity index (χ4v) is 3.63. The van der Waals surface area contributed by atoms with Gasteiger partial charge in [0.05, 0.1) is 0 Å². The van der Waals surface area contributed by atoms with Crippen molar-refractivity contribution in [2.24, 2.45) is 5.41 Å². The first-order valence-electron chi connectivity index (χ1n) is 8.66. The highest BCUT2D eigenvalue weighted by molar-refractivity contribution is 5.51. The third kappa shape index (κ3) is 4.23. The molecule has 2 rings (SSSR count). The van der Waals surface area contributed by atoms with Crippen LogP contribution in [0.4, 0.5) is 5.69 Å². The number of hydrogen-bond donors (Lipinski definition) is 1. The predicted molar refractivity (Wildman–Crippen MR) is 92.9 cm³/mol. The van der Waals surface area contributed by atoms with Gasteiger partial charge in [0.1, 0.15) is 0 Å². The maximum atomic E-state index is 3.50. The van der Waals surface area contributed by atoms with E-state index in [2.05, 4.69) is 62.2 Å². The molecule has 0 radical (unpaired) electrons. The largest absolute Gasteiger partial charge is 0.370 e. The topological polar surface area (TPSA) is 15.3 Å². The highest BCUT2D eigenvalue weighted by Crippen LogP contribution is 2.41. The van der Waals surface area contributed by atoms with E-state index in [-0.39, 0.29) is 0 Å². The van der Waals surface area contributed by atoms with Crippen molar-refractivity contribution in [1.82, 2.24) is 5.32 Å². The van der Waals surface area contributed by atoms with Crippen LogP contribution in [0, 0.1) is 5.41 Å². The molecule has 0 atom stereocenters. The van der Waals surface area contributed by atoms with Gasteiger partial charge in [-0.25, -0.2) is 0 Å². The van der Waals surface area contributed by atoms with E-state index in [1.165, 1.54) is 50.0 Å². The van der Waals surface area contributed by atoms with Gasteiger partial charge >= 0.3 is 0 Å². The van der Waals surface area contributed by atoms with E-state index in [0.717, 1.165) is 6.54 Å². The van der Waals surface area contributed by atoms with E-state index >= 15 is 0 Å². The molecule has 1 aliphatic rings. The van der Waals surface area contributed by atoms with Gasteiger partial charge in [-0.1, -0.05) is 52.7 Å². The SMILES string of the molecule is CCCC1(CCC)CN(c2cccc(CNC(C)C)c2)C1. The Bertz CT molecular complexity index is 425. The van der Waals surface area contributed by atoms with Crippen LogP contribution in [0.15, 0.2) is 24.3 Å². The Kier molecular flexibility index (Phi) is 5.69. The summed E-state index contributed by atoms with van der Waals surface area (Å²) in [7, 11) is 0. The Balaban J connectivity index is 1.96. The number of rotatable bonds is 8. The summed E-state index contributed by atoms with van der Waals surface area (Å²) in [5, 5.41) is 3.50. The lowest BCUT2D eigenvalue weighted by Crippen LogP contribution is -2.56. The number of nitrogens with zero attached hydrogens (tertiary/aromatic N) is 1. The normalized spacial score (nSPS) is 17.1. The highest BCUT2D eigenvalue weighted by Gasteiger charge is 2.41. The van der Waals surface area contributed by atoms with Crippen LogP contribution in [0.25, 0.3) is 0 Å². The van der Waals surface area contributed by atoms with E-state index in [1.54, 1.807) is 0 Å². The minimum Gasteiger partial charge on any atom is -0.370 e. The molecule has 21 heavy (non-hydrogen) atoms. The fourth-order valence-electron chi connectivity index (χ4n) is 3.63. The Morgan fingerprint density at radius 2 is 1.81 bits per heavy atom. The average molecular weight is 288 g/mol. The molecule has 0 saturated carbocycles. The molecule has 1 N–H and O–H groups in total. The molecule has 118 valence electrons. The molecule has 1 fully saturated rings. The molecule has 1 aliphatic heterocycles. The quantitative estimate of drug-likeness (QED) is 0.752. The summed E-state index contributed by atoms with van der Waals surface area (Å²) in [5.74, 6) is 0. The first kappa shape index (κ1) is 16.4. The lowest BCUT2D eigenvalue weighted by Gasteiger charge is -2.52. The van der Waals surface area contributed by atoms with Crippen molar-refractivity contribution in [1.29, 1.82) is 0 Å². The number of hydrogen-bond acceptors (Lipinski definition) is 2. The zero-order valence-corrected chi connectivity index (χ0v) is 14.3. The van der Waals surface area contributed by atoms with Gasteiger partial charge in [-0.15, -0.1) is 0 Å². The van der Waals surface area contributed by atoms with Gasteiger partial charge in [-0.2, -0.15) is 0 Å². The van der Waals surface area contributed by atoms with Crippen LogP contribution in [0.2, 0.25) is 0 Å². The molecule has 2 heteroatoms. The molecular weight excluding hydrogens is 256 g/mol. The fraction of sp³-hybridized carbons (Fsp3) is 0.684. The molecule has 1 heterocycles. The third-order valence-corrected chi connectivity index (χ3v) is 4.60. The Hall–Kier alpha value is -1.02. The van der Waals surface area contributed by atoms with Gasteiger partial charge in [0.15, 0.2) is 0 Å². The maximum absolute atomic E-state index is 3.50. The number of nitrogens with one attached hydrogen (secondary N) is 1. The first-order valence-corrected chi connectivity index (χ1v) is 8.66. The molecule has 0 amide bonds. The van der Waals surface area contributed by atoms with Crippen LogP contribution in [0.3, 0.4) is 0 Å². The van der Waals surface area contributed by atoms with E-state index in [1.807, 2.05) is 0 Å². The molecule has 2 nitrogen and oxygen atoms in total. The van der Waals surface area contributed by atoms with Crippen molar-refractivity contribution in [2.45, 2.75) is 66.0 Å². The summed E-state index contributed by atoms with van der Waals surface area (Å²) in [4.78, 5) is 2.56. The van der Waals surface area contributed by atoms with Gasteiger partial charge < -0.3 is 10.2 Å². The Morgan fingerprint density at radius 1 is 1.14 bits per heavy atom. The van der Waals surface area contributed by atoms with E-state index < -0.39 is 0 Å². The molecule has 0 spiro atoms. The zero-order valence-electron chi connectivity index (χ0n) is 14.3. The second kappa shape index (κ2) is 7.31. The summed E-state index contributed by atoms with van der Waals surface area (Å²) < 4.78 is 0. The van der Waals surface area contributed by atoms with Crippen molar-refractivity contribution in [3.63, 3.8) is 0 Å². The van der Waals surface area contributed by atoms with Crippen LogP contribution in [0.5, 0.6) is 0 Å². The van der Waals surface area contributed by atoms with Crippen molar-refractivity contribution in [3.05, 3.63) is 29.8 Å². The van der Waals surface area contributed by atoms with Crippen LogP contribution >= 0.6 is 0 Å². The van der Waals surface area contributed by atoms with E-state index in [4.69, 9.17) is 0 Å². The predicted octanol–water partition coefficient (Wildman–Crippen LogP) is 4.59. The smallest absolute Gasteiger partial charge is 0.0369 e. The van der Waals surface area contributed by atoms with Crippen molar-refractivity contribution in [2.75, 3.05) is 18.0 Å².